The molecule has 0 fully saturated rings. The number of non-ortho nitro benzene ring substituents is 1. The Balaban J connectivity index is 2.59. The van der Waals surface area contributed by atoms with Crippen molar-refractivity contribution in [1.29, 1.82) is 0 Å². The molecule has 0 radical (unpaired) electrons. The molecule has 1 N–H and O–H groups in total. The molecule has 1 aromatic carbocycles. The van der Waals surface area contributed by atoms with Gasteiger partial charge in [0.15, 0.2) is 0 Å². The second-order valence-electron chi connectivity index (χ2n) is 6.53. The normalized spacial score (nSPS) is 12.7. The molecule has 0 aliphatic rings. The van der Waals surface area contributed by atoms with Crippen LogP contribution in [0.2, 0.25) is 0 Å². The number of carbonyl (C=O) groups excluding carboxylic acids is 1. The van der Waals surface area contributed by atoms with Gasteiger partial charge in [-0.05, 0) is 23.6 Å². The van der Waals surface area contributed by atoms with Gasteiger partial charge in [-0.1, -0.05) is 26.0 Å². The molecule has 11 heteroatoms. The van der Waals surface area contributed by atoms with Crippen molar-refractivity contribution >= 4 is 21.6 Å². The fourth-order valence-corrected chi connectivity index (χ4v) is 4.57. The van der Waals surface area contributed by atoms with Crippen LogP contribution in [-0.2, 0) is 26.2 Å². The maximum Gasteiger partial charge on any atom is 0.270 e. The van der Waals surface area contributed by atoms with Gasteiger partial charge in [0, 0.05) is 31.1 Å². The number of pyridine rings is 1. The molecule has 2 rings (SSSR count). The van der Waals surface area contributed by atoms with Gasteiger partial charge in [0.1, 0.15) is 6.04 Å². The van der Waals surface area contributed by atoms with Crippen molar-refractivity contribution in [2.45, 2.75) is 31.3 Å². The smallest absolute Gasteiger partial charge is 0.270 e. The van der Waals surface area contributed by atoms with Crippen LogP contribution >= 0.6 is 0 Å². The number of rotatable bonds is 9. The Kier molecular flexibility index (Phi) is 7.37. The molecule has 0 aliphatic heterocycles. The summed E-state index contributed by atoms with van der Waals surface area (Å²) in [6.45, 7) is 3.23. The Morgan fingerprint density at radius 2 is 2.03 bits per heavy atom. The van der Waals surface area contributed by atoms with Crippen LogP contribution in [0.15, 0.2) is 53.7 Å². The fourth-order valence-electron chi connectivity index (χ4n) is 2.82. The predicted octanol–water partition coefficient (Wildman–Crippen LogP) is 1.88. The molecule has 29 heavy (non-hydrogen) atoms. The topological polar surface area (TPSA) is 132 Å². The first-order chi connectivity index (χ1) is 13.7. The molecule has 10 nitrogen and oxygen atoms in total. The molecule has 0 bridgehead atoms. The molecule has 2 aromatic rings. The van der Waals surface area contributed by atoms with Gasteiger partial charge in [-0.15, -0.1) is 0 Å². The fraction of sp³-hybridized carbons (Fsp3) is 0.333. The largest absolute Gasteiger partial charge is 0.277 e. The summed E-state index contributed by atoms with van der Waals surface area (Å²) in [5, 5.41) is 11.1. The predicted molar refractivity (Wildman–Crippen MR) is 104 cm³/mol. The Labute approximate surface area is 168 Å². The molecular weight excluding hydrogens is 399 g/mol. The average Bonchev–Trinajstić information content (AvgIpc) is 2.68. The number of nitrogens with one attached hydrogen (secondary N) is 1. The van der Waals surface area contributed by atoms with Crippen molar-refractivity contribution in [3.63, 3.8) is 0 Å². The van der Waals surface area contributed by atoms with E-state index in [9.17, 15) is 23.3 Å². The number of sulfonamides is 1. The van der Waals surface area contributed by atoms with Crippen molar-refractivity contribution < 1.29 is 23.0 Å². The number of hydroxylamine groups is 1. The van der Waals surface area contributed by atoms with Gasteiger partial charge in [-0.2, -0.15) is 4.31 Å². The molecule has 0 aliphatic carbocycles. The highest BCUT2D eigenvalue weighted by atomic mass is 32.2. The summed E-state index contributed by atoms with van der Waals surface area (Å²) in [6, 6.07) is 6.90. The lowest BCUT2D eigenvalue weighted by Crippen LogP contribution is -2.51. The number of amides is 1. The van der Waals surface area contributed by atoms with Crippen LogP contribution in [-0.4, -0.2) is 41.7 Å². The maximum atomic E-state index is 13.4. The minimum atomic E-state index is -4.28. The summed E-state index contributed by atoms with van der Waals surface area (Å²) in [5.41, 5.74) is 2.36. The van der Waals surface area contributed by atoms with Crippen LogP contribution in [0.5, 0.6) is 0 Å². The minimum Gasteiger partial charge on any atom is -0.277 e. The molecule has 0 saturated heterocycles. The van der Waals surface area contributed by atoms with E-state index in [-0.39, 0.29) is 17.1 Å². The van der Waals surface area contributed by atoms with Crippen molar-refractivity contribution in [2.75, 3.05) is 7.11 Å². The lowest BCUT2D eigenvalue weighted by atomic mass is 10.0. The first kappa shape index (κ1) is 22.4. The Bertz CT molecular complexity index is 965. The SMILES string of the molecule is CC(C)[C@H](C(=O)NO[11CH3])N(Cc1cccnc1)S(=O)(=O)c1cccc([N+](=O)[O-])c1. The van der Waals surface area contributed by atoms with Crippen molar-refractivity contribution in [3.05, 3.63) is 64.5 Å². The summed E-state index contributed by atoms with van der Waals surface area (Å²) < 4.78 is 27.9. The quantitative estimate of drug-likeness (QED) is 0.483. The van der Waals surface area contributed by atoms with Crippen molar-refractivity contribution in [3.8, 4) is 0 Å². The molecule has 1 heterocycles. The zero-order valence-electron chi connectivity index (χ0n) is 16.2. The van der Waals surface area contributed by atoms with Crippen LogP contribution in [0.25, 0.3) is 0 Å². The van der Waals surface area contributed by atoms with E-state index in [2.05, 4.69) is 15.3 Å². The third kappa shape index (κ3) is 5.34. The van der Waals surface area contributed by atoms with Gasteiger partial charge in [0.05, 0.1) is 16.9 Å². The Hall–Kier alpha value is -2.89. The highest BCUT2D eigenvalue weighted by molar-refractivity contribution is 7.89. The van der Waals surface area contributed by atoms with Gasteiger partial charge >= 0.3 is 0 Å². The van der Waals surface area contributed by atoms with Gasteiger partial charge < -0.3 is 0 Å². The minimum absolute atomic E-state index is 0.154. The van der Waals surface area contributed by atoms with Gasteiger partial charge in [-0.3, -0.25) is 24.7 Å². The van der Waals surface area contributed by atoms with Crippen molar-refractivity contribution in [1.82, 2.24) is 14.8 Å². The highest BCUT2D eigenvalue weighted by Crippen LogP contribution is 2.27. The second kappa shape index (κ2) is 9.54. The number of nitrogens with zero attached hydrogens (tertiary/aromatic N) is 3. The Morgan fingerprint density at radius 3 is 2.59 bits per heavy atom. The average molecular weight is 421 g/mol. The third-order valence-corrected chi connectivity index (χ3v) is 5.93. The standard InChI is InChI=1S/C18H22N4O6S/c1-13(2)17(18(23)20-28-3)21(12-14-6-5-9-19-11-14)29(26,27)16-8-4-7-15(10-16)22(24)25/h4-11,13,17H,12H2,1-3H3,(H,20,23)/t17-/m1/s1/i3-1. The number of nitro benzene ring substituents is 1. The van der Waals surface area contributed by atoms with E-state index in [0.29, 0.717) is 5.56 Å². The zero-order chi connectivity index (χ0) is 21.6. The first-order valence-corrected chi connectivity index (χ1v) is 10.1. The summed E-state index contributed by atoms with van der Waals surface area (Å²) in [7, 11) is -3.03. The Morgan fingerprint density at radius 1 is 1.31 bits per heavy atom. The number of aromatic nitrogens is 1. The lowest BCUT2D eigenvalue weighted by molar-refractivity contribution is -0.385. The summed E-state index contributed by atoms with van der Waals surface area (Å²) in [6.07, 6.45) is 3.03. The molecule has 1 amide bonds. The molecule has 1 atom stereocenters. The van der Waals surface area contributed by atoms with Crippen LogP contribution < -0.4 is 5.48 Å². The second-order valence-corrected chi connectivity index (χ2v) is 8.42. The van der Waals surface area contributed by atoms with Gasteiger partial charge in [-0.25, -0.2) is 13.9 Å². The zero-order valence-corrected chi connectivity index (χ0v) is 17.0. The maximum absolute atomic E-state index is 13.4. The lowest BCUT2D eigenvalue weighted by Gasteiger charge is -2.32. The summed E-state index contributed by atoms with van der Waals surface area (Å²) in [5.74, 6) is -1.07. The molecular formula is C18H22N4O6S. The van der Waals surface area contributed by atoms with E-state index in [1.165, 1.54) is 31.5 Å². The monoisotopic (exact) mass is 421 g/mol. The van der Waals surface area contributed by atoms with E-state index >= 15 is 0 Å². The van der Waals surface area contributed by atoms with Crippen LogP contribution in [0.1, 0.15) is 19.4 Å². The van der Waals surface area contributed by atoms with Crippen LogP contribution in [0.4, 0.5) is 5.69 Å². The van der Waals surface area contributed by atoms with E-state index in [1.54, 1.807) is 32.2 Å². The molecule has 0 saturated carbocycles. The van der Waals surface area contributed by atoms with Crippen LogP contribution in [0.3, 0.4) is 0 Å². The van der Waals surface area contributed by atoms with E-state index in [4.69, 9.17) is 0 Å². The van der Waals surface area contributed by atoms with Crippen molar-refractivity contribution in [2.24, 2.45) is 5.92 Å². The van der Waals surface area contributed by atoms with E-state index < -0.39 is 32.8 Å². The third-order valence-electron chi connectivity index (χ3n) is 4.11. The molecule has 0 spiro atoms. The number of nitro groups is 1. The molecule has 156 valence electrons. The van der Waals surface area contributed by atoms with Gasteiger partial charge in [0.2, 0.25) is 10.0 Å². The molecule has 0 unspecified atom stereocenters. The van der Waals surface area contributed by atoms with Gasteiger partial charge in [0.25, 0.3) is 11.6 Å². The van der Waals surface area contributed by atoms with E-state index in [0.717, 1.165) is 10.4 Å². The summed E-state index contributed by atoms with van der Waals surface area (Å²) >= 11 is 0. The number of hydrogen-bond donors (Lipinski definition) is 1. The number of benzene rings is 1. The summed E-state index contributed by atoms with van der Waals surface area (Å²) in [4.78, 5) is 31.4. The van der Waals surface area contributed by atoms with Crippen LogP contribution in [0, 0.1) is 16.0 Å². The first-order valence-electron chi connectivity index (χ1n) is 8.66. The highest BCUT2D eigenvalue weighted by Gasteiger charge is 2.38. The van der Waals surface area contributed by atoms with E-state index in [1.807, 2.05) is 0 Å². The number of carbonyl (C=O) groups is 1. The number of hydrogen-bond acceptors (Lipinski definition) is 7. The molecule has 1 aromatic heterocycles.